The number of anilines is 1. The zero-order valence-electron chi connectivity index (χ0n) is 16.4. The fourth-order valence-corrected chi connectivity index (χ4v) is 2.62. The topological polar surface area (TPSA) is 104 Å². The van der Waals surface area contributed by atoms with Crippen molar-refractivity contribution in [3.05, 3.63) is 41.6 Å². The van der Waals surface area contributed by atoms with Crippen molar-refractivity contribution in [3.63, 3.8) is 0 Å². The molecule has 2 rings (SSSR count). The lowest BCUT2D eigenvalue weighted by Crippen LogP contribution is -2.38. The second kappa shape index (κ2) is 10.2. The Bertz CT molecular complexity index is 785. The average molecular weight is 368 g/mol. The summed E-state index contributed by atoms with van der Waals surface area (Å²) < 4.78 is 1.63. The first-order valence-electron chi connectivity index (χ1n) is 9.41. The minimum absolute atomic E-state index is 0.387. The smallest absolute Gasteiger partial charge is 0.191 e. The van der Waals surface area contributed by atoms with Crippen molar-refractivity contribution in [2.75, 3.05) is 25.4 Å². The van der Waals surface area contributed by atoms with E-state index in [4.69, 9.17) is 5.73 Å². The third-order valence-corrected chi connectivity index (χ3v) is 3.95. The van der Waals surface area contributed by atoms with Crippen molar-refractivity contribution in [2.45, 2.75) is 33.6 Å². The molecule has 4 N–H and O–H groups in total. The van der Waals surface area contributed by atoms with E-state index in [2.05, 4.69) is 40.6 Å². The number of para-hydroxylation sites is 1. The van der Waals surface area contributed by atoms with Crippen LogP contribution in [0.3, 0.4) is 0 Å². The maximum Gasteiger partial charge on any atom is 0.191 e. The van der Waals surface area contributed by atoms with Gasteiger partial charge >= 0.3 is 0 Å². The number of aryl methyl sites for hydroxylation is 1. The van der Waals surface area contributed by atoms with Gasteiger partial charge in [0.25, 0.3) is 0 Å². The lowest BCUT2D eigenvalue weighted by molar-refractivity contribution is 0.653. The van der Waals surface area contributed by atoms with Crippen LogP contribution in [0.2, 0.25) is 0 Å². The number of nitriles is 1. The second-order valence-corrected chi connectivity index (χ2v) is 6.71. The molecule has 0 aliphatic heterocycles. The molecule has 0 saturated heterocycles. The van der Waals surface area contributed by atoms with E-state index >= 15 is 0 Å². The monoisotopic (exact) mass is 367 g/mol. The number of nitrogen functional groups attached to an aromatic ring is 1. The summed E-state index contributed by atoms with van der Waals surface area (Å²) in [4.78, 5) is 4.55. The van der Waals surface area contributed by atoms with E-state index in [0.717, 1.165) is 43.4 Å². The van der Waals surface area contributed by atoms with Gasteiger partial charge in [0.05, 0.1) is 11.4 Å². The zero-order chi connectivity index (χ0) is 19.6. The van der Waals surface area contributed by atoms with Crippen molar-refractivity contribution in [1.29, 1.82) is 5.26 Å². The largest absolute Gasteiger partial charge is 0.382 e. The van der Waals surface area contributed by atoms with Crippen molar-refractivity contribution in [2.24, 2.45) is 10.9 Å². The molecule has 0 aliphatic rings. The Hall–Kier alpha value is -3.01. The van der Waals surface area contributed by atoms with Gasteiger partial charge in [-0.2, -0.15) is 10.4 Å². The summed E-state index contributed by atoms with van der Waals surface area (Å²) in [6.07, 6.45) is 1.50. The molecule has 2 aromatic rings. The first-order valence-corrected chi connectivity index (χ1v) is 9.41. The van der Waals surface area contributed by atoms with Crippen molar-refractivity contribution < 1.29 is 0 Å². The van der Waals surface area contributed by atoms with E-state index in [9.17, 15) is 5.26 Å². The molecule has 0 unspecified atom stereocenters. The fraction of sp³-hybridized carbons (Fsp3) is 0.450. The van der Waals surface area contributed by atoms with Crippen LogP contribution in [0.4, 0.5) is 5.82 Å². The zero-order valence-corrected chi connectivity index (χ0v) is 16.4. The van der Waals surface area contributed by atoms with Crippen LogP contribution >= 0.6 is 0 Å². The lowest BCUT2D eigenvalue weighted by atomic mass is 10.1. The Balaban J connectivity index is 2.00. The second-order valence-electron chi connectivity index (χ2n) is 6.71. The summed E-state index contributed by atoms with van der Waals surface area (Å²) in [5.74, 6) is 1.73. The van der Waals surface area contributed by atoms with Crippen LogP contribution in [-0.2, 0) is 6.42 Å². The number of hydrogen-bond acceptors (Lipinski definition) is 4. The van der Waals surface area contributed by atoms with Gasteiger partial charge in [-0.15, -0.1) is 0 Å². The molecule has 0 amide bonds. The van der Waals surface area contributed by atoms with Crippen LogP contribution in [0.5, 0.6) is 0 Å². The summed E-state index contributed by atoms with van der Waals surface area (Å²) in [6.45, 7) is 8.68. The Morgan fingerprint density at radius 2 is 2.04 bits per heavy atom. The number of rotatable bonds is 8. The fourth-order valence-electron chi connectivity index (χ4n) is 2.62. The molecule has 0 atom stereocenters. The molecule has 0 aliphatic carbocycles. The molecular weight excluding hydrogens is 338 g/mol. The summed E-state index contributed by atoms with van der Waals surface area (Å²) in [6, 6.07) is 11.8. The van der Waals surface area contributed by atoms with E-state index in [1.807, 2.05) is 37.3 Å². The van der Waals surface area contributed by atoms with Gasteiger partial charge in [-0.1, -0.05) is 32.0 Å². The number of aromatic nitrogens is 2. The van der Waals surface area contributed by atoms with E-state index in [0.29, 0.717) is 23.7 Å². The number of nitrogens with one attached hydrogen (secondary N) is 2. The molecule has 0 radical (unpaired) electrons. The SMILES string of the molecule is CCNC(=NCC(C)C)NCCCc1nn(-c2ccccc2)c(N)c1C#N. The summed E-state index contributed by atoms with van der Waals surface area (Å²) in [7, 11) is 0. The molecular formula is C20H29N7. The van der Waals surface area contributed by atoms with Crippen molar-refractivity contribution >= 4 is 11.8 Å². The maximum absolute atomic E-state index is 9.47. The molecule has 144 valence electrons. The Labute approximate surface area is 161 Å². The minimum Gasteiger partial charge on any atom is -0.382 e. The highest BCUT2D eigenvalue weighted by Gasteiger charge is 2.16. The molecule has 0 spiro atoms. The van der Waals surface area contributed by atoms with Crippen LogP contribution in [0, 0.1) is 17.2 Å². The Morgan fingerprint density at radius 1 is 1.30 bits per heavy atom. The number of guanidine groups is 1. The van der Waals surface area contributed by atoms with Gasteiger partial charge in [0.2, 0.25) is 0 Å². The van der Waals surface area contributed by atoms with Crippen LogP contribution in [0.25, 0.3) is 5.69 Å². The number of nitrogens with zero attached hydrogens (tertiary/aromatic N) is 4. The van der Waals surface area contributed by atoms with Crippen LogP contribution < -0.4 is 16.4 Å². The standard InChI is InChI=1S/C20H29N7/c1-4-23-20(25-14-15(2)3)24-12-8-11-18-17(13-21)19(22)27(26-18)16-9-6-5-7-10-16/h5-7,9-10,15H,4,8,11-12,14,22H2,1-3H3,(H2,23,24,25). The van der Waals surface area contributed by atoms with E-state index in [1.54, 1.807) is 4.68 Å². The van der Waals surface area contributed by atoms with Crippen LogP contribution in [0.1, 0.15) is 38.4 Å². The number of benzene rings is 1. The van der Waals surface area contributed by atoms with Gasteiger partial charge in [0, 0.05) is 19.6 Å². The van der Waals surface area contributed by atoms with Gasteiger partial charge < -0.3 is 16.4 Å². The quantitative estimate of drug-likeness (QED) is 0.378. The van der Waals surface area contributed by atoms with Crippen molar-refractivity contribution in [3.8, 4) is 11.8 Å². The summed E-state index contributed by atoms with van der Waals surface area (Å²) >= 11 is 0. The highest BCUT2D eigenvalue weighted by Crippen LogP contribution is 2.21. The molecule has 1 aromatic heterocycles. The summed E-state index contributed by atoms with van der Waals surface area (Å²) in [5.41, 5.74) is 8.18. The molecule has 0 saturated carbocycles. The third-order valence-electron chi connectivity index (χ3n) is 3.95. The third kappa shape index (κ3) is 5.74. The van der Waals surface area contributed by atoms with E-state index in [-0.39, 0.29) is 0 Å². The lowest BCUT2D eigenvalue weighted by Gasteiger charge is -2.11. The predicted octanol–water partition coefficient (Wildman–Crippen LogP) is 2.47. The van der Waals surface area contributed by atoms with Crippen molar-refractivity contribution in [1.82, 2.24) is 20.4 Å². The molecule has 7 heteroatoms. The molecule has 1 heterocycles. The highest BCUT2D eigenvalue weighted by molar-refractivity contribution is 5.79. The van der Waals surface area contributed by atoms with Gasteiger partial charge in [0.15, 0.2) is 5.96 Å². The normalized spacial score (nSPS) is 11.4. The Morgan fingerprint density at radius 3 is 2.67 bits per heavy atom. The van der Waals surface area contributed by atoms with Gasteiger partial charge in [-0.05, 0) is 37.8 Å². The van der Waals surface area contributed by atoms with Gasteiger partial charge in [-0.25, -0.2) is 4.68 Å². The van der Waals surface area contributed by atoms with E-state index in [1.165, 1.54) is 0 Å². The molecule has 0 fully saturated rings. The highest BCUT2D eigenvalue weighted by atomic mass is 15.3. The average Bonchev–Trinajstić information content (AvgIpc) is 2.99. The maximum atomic E-state index is 9.47. The van der Waals surface area contributed by atoms with Crippen LogP contribution in [0.15, 0.2) is 35.3 Å². The molecule has 1 aromatic carbocycles. The predicted molar refractivity (Wildman–Crippen MR) is 110 cm³/mol. The molecule has 0 bridgehead atoms. The number of aliphatic imine (C=N–C) groups is 1. The van der Waals surface area contributed by atoms with Gasteiger partial charge in [0.1, 0.15) is 17.5 Å². The minimum atomic E-state index is 0.387. The van der Waals surface area contributed by atoms with Gasteiger partial charge in [-0.3, -0.25) is 4.99 Å². The summed E-state index contributed by atoms with van der Waals surface area (Å²) in [5, 5.41) is 20.6. The van der Waals surface area contributed by atoms with E-state index < -0.39 is 0 Å². The molecule has 7 nitrogen and oxygen atoms in total. The Kier molecular flexibility index (Phi) is 7.68. The molecule has 27 heavy (non-hydrogen) atoms. The van der Waals surface area contributed by atoms with Crippen LogP contribution in [-0.4, -0.2) is 35.4 Å². The number of nitrogens with two attached hydrogens (primary N) is 1. The first-order chi connectivity index (χ1) is 13.1. The number of hydrogen-bond donors (Lipinski definition) is 3. The first kappa shape index (κ1) is 20.3.